The van der Waals surface area contributed by atoms with Crippen molar-refractivity contribution in [1.29, 1.82) is 0 Å². The van der Waals surface area contributed by atoms with E-state index >= 15 is 0 Å². The third-order valence-electron chi connectivity index (χ3n) is 4.88. The highest BCUT2D eigenvalue weighted by Gasteiger charge is 2.21. The van der Waals surface area contributed by atoms with E-state index in [0.717, 1.165) is 11.3 Å². The van der Waals surface area contributed by atoms with Crippen LogP contribution in [0.5, 0.6) is 0 Å². The molecule has 1 atom stereocenters. The van der Waals surface area contributed by atoms with Crippen LogP contribution in [-0.2, 0) is 10.0 Å². The van der Waals surface area contributed by atoms with Crippen LogP contribution in [0, 0.1) is 0 Å². The largest absolute Gasteiger partial charge is 0.346 e. The highest BCUT2D eigenvalue weighted by Crippen LogP contribution is 2.20. The minimum atomic E-state index is -3.50. The van der Waals surface area contributed by atoms with Crippen molar-refractivity contribution in [3.63, 3.8) is 0 Å². The molecule has 3 aromatic rings. The summed E-state index contributed by atoms with van der Waals surface area (Å²) >= 11 is 0. The van der Waals surface area contributed by atoms with Crippen LogP contribution in [-0.4, -0.2) is 46.5 Å². The zero-order valence-corrected chi connectivity index (χ0v) is 18.0. The molecule has 0 bridgehead atoms. The van der Waals surface area contributed by atoms with Gasteiger partial charge in [-0.25, -0.2) is 18.1 Å². The second-order valence-corrected chi connectivity index (χ2v) is 8.68. The maximum Gasteiger partial charge on any atom is 0.251 e. The molecule has 2 aromatic carbocycles. The molecule has 1 aromatic heterocycles. The number of amides is 1. The van der Waals surface area contributed by atoms with Crippen molar-refractivity contribution in [3.05, 3.63) is 72.3 Å². The lowest BCUT2D eigenvalue weighted by Gasteiger charge is -2.19. The Morgan fingerprint density at radius 2 is 1.70 bits per heavy atom. The first kappa shape index (κ1) is 21.7. The third-order valence-corrected chi connectivity index (χ3v) is 6.95. The van der Waals surface area contributed by atoms with Gasteiger partial charge in [0.1, 0.15) is 12.7 Å². The lowest BCUT2D eigenvalue weighted by atomic mass is 10.1. The molecular formula is C21H25N5O3S. The summed E-state index contributed by atoms with van der Waals surface area (Å²) in [6, 6.07) is 13.4. The molecule has 0 saturated heterocycles. The molecule has 0 unspecified atom stereocenters. The average Bonchev–Trinajstić information content (AvgIpc) is 3.29. The number of nitrogens with zero attached hydrogens (tertiary/aromatic N) is 4. The molecule has 0 saturated carbocycles. The number of carbonyl (C=O) groups excluding carboxylic acids is 1. The first-order valence-electron chi connectivity index (χ1n) is 9.72. The molecule has 0 aliphatic carbocycles. The fraction of sp³-hybridized carbons (Fsp3) is 0.286. The van der Waals surface area contributed by atoms with Crippen molar-refractivity contribution < 1.29 is 13.2 Å². The van der Waals surface area contributed by atoms with Gasteiger partial charge in [-0.15, -0.1) is 0 Å². The van der Waals surface area contributed by atoms with E-state index in [2.05, 4.69) is 15.4 Å². The van der Waals surface area contributed by atoms with Gasteiger partial charge in [-0.3, -0.25) is 4.79 Å². The molecule has 9 heteroatoms. The Labute approximate surface area is 176 Å². The summed E-state index contributed by atoms with van der Waals surface area (Å²) in [4.78, 5) is 16.7. The highest BCUT2D eigenvalue weighted by atomic mass is 32.2. The summed E-state index contributed by atoms with van der Waals surface area (Å²) in [5.41, 5.74) is 2.15. The van der Waals surface area contributed by atoms with Gasteiger partial charge in [0.25, 0.3) is 5.91 Å². The number of benzene rings is 2. The summed E-state index contributed by atoms with van der Waals surface area (Å²) in [5, 5.41) is 6.99. The van der Waals surface area contributed by atoms with Crippen LogP contribution >= 0.6 is 0 Å². The molecule has 0 aliphatic heterocycles. The van der Waals surface area contributed by atoms with Gasteiger partial charge >= 0.3 is 0 Å². The Balaban J connectivity index is 1.68. The fourth-order valence-electron chi connectivity index (χ4n) is 3.11. The van der Waals surface area contributed by atoms with Crippen molar-refractivity contribution in [2.45, 2.75) is 31.7 Å². The molecular weight excluding hydrogens is 402 g/mol. The first-order chi connectivity index (χ1) is 14.4. The fourth-order valence-corrected chi connectivity index (χ4v) is 4.57. The summed E-state index contributed by atoms with van der Waals surface area (Å²) in [7, 11) is -3.50. The van der Waals surface area contributed by atoms with E-state index in [9.17, 15) is 13.2 Å². The maximum atomic E-state index is 12.6. The third kappa shape index (κ3) is 4.58. The van der Waals surface area contributed by atoms with Crippen molar-refractivity contribution in [2.75, 3.05) is 13.1 Å². The Bertz CT molecular complexity index is 1070. The van der Waals surface area contributed by atoms with Crippen LogP contribution in [0.4, 0.5) is 0 Å². The number of hydrogen-bond donors (Lipinski definition) is 1. The molecule has 8 nitrogen and oxygen atoms in total. The average molecular weight is 428 g/mol. The van der Waals surface area contributed by atoms with Crippen LogP contribution < -0.4 is 5.32 Å². The maximum absolute atomic E-state index is 12.6. The molecule has 0 fully saturated rings. The number of nitrogens with one attached hydrogen (secondary N) is 1. The first-order valence-corrected chi connectivity index (χ1v) is 11.2. The molecule has 30 heavy (non-hydrogen) atoms. The summed E-state index contributed by atoms with van der Waals surface area (Å²) < 4.78 is 28.2. The molecule has 0 aliphatic rings. The van der Waals surface area contributed by atoms with E-state index < -0.39 is 10.0 Å². The molecule has 1 heterocycles. The van der Waals surface area contributed by atoms with E-state index in [1.54, 1.807) is 59.5 Å². The van der Waals surface area contributed by atoms with Gasteiger partial charge in [0.05, 0.1) is 16.6 Å². The predicted octanol–water partition coefficient (Wildman–Crippen LogP) is 2.79. The standard InChI is InChI=1S/C21H25N5O3S/c1-4-25(5-2)30(28,29)20-12-8-17(9-13-20)16(3)24-21(27)18-6-10-19(11-7-18)26-15-22-14-23-26/h6-16H,4-5H2,1-3H3,(H,24,27)/t16-/m0/s1. The van der Waals surface area contributed by atoms with Crippen LogP contribution in [0.1, 0.15) is 42.7 Å². The molecule has 0 spiro atoms. The molecule has 1 N–H and O–H groups in total. The van der Waals surface area contributed by atoms with Crippen molar-refractivity contribution in [2.24, 2.45) is 0 Å². The Kier molecular flexibility index (Phi) is 6.63. The molecule has 158 valence electrons. The molecule has 0 radical (unpaired) electrons. The SMILES string of the molecule is CCN(CC)S(=O)(=O)c1ccc([C@H](C)NC(=O)c2ccc(-n3cncn3)cc2)cc1. The van der Waals surface area contributed by atoms with Gasteiger partial charge in [-0.2, -0.15) is 9.40 Å². The van der Waals surface area contributed by atoms with Gasteiger partial charge < -0.3 is 5.32 Å². The minimum Gasteiger partial charge on any atom is -0.346 e. The van der Waals surface area contributed by atoms with E-state index in [1.807, 2.05) is 20.8 Å². The Morgan fingerprint density at radius 1 is 1.07 bits per heavy atom. The van der Waals surface area contributed by atoms with E-state index in [-0.39, 0.29) is 16.8 Å². The normalized spacial score (nSPS) is 12.7. The number of aromatic nitrogens is 3. The Morgan fingerprint density at radius 3 is 2.23 bits per heavy atom. The number of sulfonamides is 1. The lowest BCUT2D eigenvalue weighted by Crippen LogP contribution is -2.30. The monoisotopic (exact) mass is 427 g/mol. The lowest BCUT2D eigenvalue weighted by molar-refractivity contribution is 0.0940. The minimum absolute atomic E-state index is 0.215. The van der Waals surface area contributed by atoms with E-state index in [1.165, 1.54) is 10.6 Å². The van der Waals surface area contributed by atoms with E-state index in [4.69, 9.17) is 0 Å². The number of hydrogen-bond acceptors (Lipinski definition) is 5. The smallest absolute Gasteiger partial charge is 0.251 e. The van der Waals surface area contributed by atoms with Gasteiger partial charge in [0.15, 0.2) is 0 Å². The van der Waals surface area contributed by atoms with Crippen molar-refractivity contribution in [1.82, 2.24) is 24.4 Å². The van der Waals surface area contributed by atoms with Crippen LogP contribution in [0.3, 0.4) is 0 Å². The zero-order valence-electron chi connectivity index (χ0n) is 17.2. The van der Waals surface area contributed by atoms with Crippen molar-refractivity contribution in [3.8, 4) is 5.69 Å². The predicted molar refractivity (Wildman–Crippen MR) is 114 cm³/mol. The van der Waals surface area contributed by atoms with Crippen LogP contribution in [0.15, 0.2) is 66.1 Å². The number of carbonyl (C=O) groups is 1. The second kappa shape index (κ2) is 9.19. The van der Waals surface area contributed by atoms with Gasteiger partial charge in [-0.1, -0.05) is 26.0 Å². The molecule has 3 rings (SSSR count). The summed E-state index contributed by atoms with van der Waals surface area (Å²) in [6.45, 7) is 6.32. The summed E-state index contributed by atoms with van der Waals surface area (Å²) in [5.74, 6) is -0.215. The zero-order chi connectivity index (χ0) is 21.7. The van der Waals surface area contributed by atoms with Crippen molar-refractivity contribution >= 4 is 15.9 Å². The van der Waals surface area contributed by atoms with Gasteiger partial charge in [0, 0.05) is 18.7 Å². The summed E-state index contributed by atoms with van der Waals surface area (Å²) in [6.07, 6.45) is 3.03. The van der Waals surface area contributed by atoms with Gasteiger partial charge in [0.2, 0.25) is 10.0 Å². The molecule has 1 amide bonds. The topological polar surface area (TPSA) is 97.2 Å². The van der Waals surface area contributed by atoms with Gasteiger partial charge in [-0.05, 0) is 48.9 Å². The second-order valence-electron chi connectivity index (χ2n) is 6.74. The van der Waals surface area contributed by atoms with E-state index in [0.29, 0.717) is 18.7 Å². The highest BCUT2D eigenvalue weighted by molar-refractivity contribution is 7.89. The number of rotatable bonds is 8. The quantitative estimate of drug-likeness (QED) is 0.596. The van der Waals surface area contributed by atoms with Crippen LogP contribution in [0.25, 0.3) is 5.69 Å². The van der Waals surface area contributed by atoms with Crippen LogP contribution in [0.2, 0.25) is 0 Å². The Hall–Kier alpha value is -3.04.